The van der Waals surface area contributed by atoms with E-state index in [0.717, 1.165) is 42.3 Å². The summed E-state index contributed by atoms with van der Waals surface area (Å²) < 4.78 is 5.37. The van der Waals surface area contributed by atoms with Crippen LogP contribution in [-0.4, -0.2) is 36.2 Å². The fourth-order valence-corrected chi connectivity index (χ4v) is 3.07. The van der Waals surface area contributed by atoms with Crippen molar-refractivity contribution < 1.29 is 4.52 Å². The second-order valence-electron chi connectivity index (χ2n) is 7.00. The molecule has 1 saturated heterocycles. The first kappa shape index (κ1) is 20.3. The summed E-state index contributed by atoms with van der Waals surface area (Å²) in [6, 6.07) is 2.02. The molecule has 2 rings (SSSR count). The third-order valence-electron chi connectivity index (χ3n) is 4.19. The summed E-state index contributed by atoms with van der Waals surface area (Å²) in [4.78, 5) is 6.76. The molecule has 2 heterocycles. The molecule has 1 aliphatic heterocycles. The van der Waals surface area contributed by atoms with Crippen LogP contribution in [-0.2, 0) is 6.54 Å². The molecule has 1 unspecified atom stereocenters. The Morgan fingerprint density at radius 1 is 1.43 bits per heavy atom. The summed E-state index contributed by atoms with van der Waals surface area (Å²) in [6.07, 6.45) is 2.56. The zero-order valence-corrected chi connectivity index (χ0v) is 17.3. The average molecular weight is 434 g/mol. The van der Waals surface area contributed by atoms with Gasteiger partial charge in [-0.25, -0.2) is 0 Å². The molecule has 23 heavy (non-hydrogen) atoms. The van der Waals surface area contributed by atoms with Crippen molar-refractivity contribution in [2.24, 2.45) is 16.8 Å². The zero-order valence-electron chi connectivity index (χ0n) is 15.0. The first-order chi connectivity index (χ1) is 10.5. The fourth-order valence-electron chi connectivity index (χ4n) is 3.07. The minimum atomic E-state index is 0. The molecule has 0 spiro atoms. The first-order valence-electron chi connectivity index (χ1n) is 8.40. The summed E-state index contributed by atoms with van der Waals surface area (Å²) in [7, 11) is 1.85. The molecule has 6 heteroatoms. The van der Waals surface area contributed by atoms with Crippen molar-refractivity contribution in [2.45, 2.75) is 53.0 Å². The molecule has 1 aromatic rings. The lowest BCUT2D eigenvalue weighted by Crippen LogP contribution is -2.39. The van der Waals surface area contributed by atoms with Gasteiger partial charge in [-0.3, -0.25) is 4.99 Å². The SMILES string of the molecule is CN=C(NCc1cc(C(C)C)no1)N1CCC(CC(C)C)C1.I. The minimum Gasteiger partial charge on any atom is -0.359 e. The van der Waals surface area contributed by atoms with E-state index in [0.29, 0.717) is 12.5 Å². The average Bonchev–Trinajstić information content (AvgIpc) is 3.08. The van der Waals surface area contributed by atoms with Gasteiger partial charge in [0, 0.05) is 26.2 Å². The highest BCUT2D eigenvalue weighted by Crippen LogP contribution is 2.23. The van der Waals surface area contributed by atoms with Crippen LogP contribution >= 0.6 is 24.0 Å². The van der Waals surface area contributed by atoms with E-state index in [1.807, 2.05) is 13.1 Å². The summed E-state index contributed by atoms with van der Waals surface area (Å²) >= 11 is 0. The van der Waals surface area contributed by atoms with Crippen LogP contribution in [0.25, 0.3) is 0 Å². The molecular weight excluding hydrogens is 403 g/mol. The van der Waals surface area contributed by atoms with Crippen molar-refractivity contribution in [3.8, 4) is 0 Å². The Labute approximate surface area is 157 Å². The van der Waals surface area contributed by atoms with Crippen LogP contribution in [0.1, 0.15) is 57.9 Å². The Balaban J connectivity index is 0.00000264. The number of rotatable bonds is 5. The second kappa shape index (κ2) is 9.49. The van der Waals surface area contributed by atoms with E-state index < -0.39 is 0 Å². The van der Waals surface area contributed by atoms with Gasteiger partial charge in [0.1, 0.15) is 0 Å². The van der Waals surface area contributed by atoms with E-state index in [1.165, 1.54) is 12.8 Å². The van der Waals surface area contributed by atoms with Crippen LogP contribution in [0.4, 0.5) is 0 Å². The van der Waals surface area contributed by atoms with Crippen molar-refractivity contribution in [3.63, 3.8) is 0 Å². The molecule has 0 amide bonds. The molecule has 5 nitrogen and oxygen atoms in total. The van der Waals surface area contributed by atoms with Crippen LogP contribution in [0.15, 0.2) is 15.6 Å². The zero-order chi connectivity index (χ0) is 16.1. The van der Waals surface area contributed by atoms with E-state index in [1.54, 1.807) is 0 Å². The molecule has 1 atom stereocenters. The lowest BCUT2D eigenvalue weighted by molar-refractivity contribution is 0.367. The highest BCUT2D eigenvalue weighted by atomic mass is 127. The van der Waals surface area contributed by atoms with Crippen LogP contribution in [0.2, 0.25) is 0 Å². The van der Waals surface area contributed by atoms with Gasteiger partial charge in [-0.2, -0.15) is 0 Å². The molecule has 0 radical (unpaired) electrons. The Bertz CT molecular complexity index is 499. The fraction of sp³-hybridized carbons (Fsp3) is 0.765. The Hall–Kier alpha value is -0.790. The van der Waals surface area contributed by atoms with Crippen molar-refractivity contribution >= 4 is 29.9 Å². The smallest absolute Gasteiger partial charge is 0.194 e. The Morgan fingerprint density at radius 3 is 2.74 bits per heavy atom. The number of likely N-dealkylation sites (tertiary alicyclic amines) is 1. The number of aromatic nitrogens is 1. The molecule has 0 aromatic carbocycles. The lowest BCUT2D eigenvalue weighted by Gasteiger charge is -2.21. The van der Waals surface area contributed by atoms with Crippen LogP contribution in [0, 0.1) is 11.8 Å². The van der Waals surface area contributed by atoms with Crippen LogP contribution in [0.3, 0.4) is 0 Å². The first-order valence-corrected chi connectivity index (χ1v) is 8.40. The van der Waals surface area contributed by atoms with Gasteiger partial charge in [0.15, 0.2) is 11.7 Å². The van der Waals surface area contributed by atoms with Crippen molar-refractivity contribution in [1.82, 2.24) is 15.4 Å². The number of aliphatic imine (C=N–C) groups is 1. The van der Waals surface area contributed by atoms with Gasteiger partial charge < -0.3 is 14.7 Å². The largest absolute Gasteiger partial charge is 0.359 e. The maximum Gasteiger partial charge on any atom is 0.194 e. The van der Waals surface area contributed by atoms with Gasteiger partial charge in [-0.15, -0.1) is 24.0 Å². The van der Waals surface area contributed by atoms with Crippen molar-refractivity contribution in [1.29, 1.82) is 0 Å². The number of hydrogen-bond acceptors (Lipinski definition) is 3. The molecule has 1 fully saturated rings. The maximum atomic E-state index is 5.37. The van der Waals surface area contributed by atoms with E-state index in [4.69, 9.17) is 4.52 Å². The molecule has 0 aliphatic carbocycles. The number of halogens is 1. The van der Waals surface area contributed by atoms with E-state index in [-0.39, 0.29) is 24.0 Å². The highest BCUT2D eigenvalue weighted by molar-refractivity contribution is 14.0. The highest BCUT2D eigenvalue weighted by Gasteiger charge is 2.25. The summed E-state index contributed by atoms with van der Waals surface area (Å²) in [5.74, 6) is 3.78. The monoisotopic (exact) mass is 434 g/mol. The molecule has 0 bridgehead atoms. The van der Waals surface area contributed by atoms with E-state index in [2.05, 4.69) is 48.1 Å². The molecule has 1 N–H and O–H groups in total. The van der Waals surface area contributed by atoms with Crippen LogP contribution in [0.5, 0.6) is 0 Å². The number of nitrogens with zero attached hydrogens (tertiary/aromatic N) is 3. The van der Waals surface area contributed by atoms with Gasteiger partial charge in [-0.05, 0) is 30.6 Å². The Kier molecular flexibility index (Phi) is 8.36. The predicted octanol–water partition coefficient (Wildman–Crippen LogP) is 3.86. The number of guanidine groups is 1. The normalized spacial score (nSPS) is 18.7. The summed E-state index contributed by atoms with van der Waals surface area (Å²) in [6.45, 7) is 11.7. The lowest BCUT2D eigenvalue weighted by atomic mass is 9.97. The van der Waals surface area contributed by atoms with E-state index >= 15 is 0 Å². The topological polar surface area (TPSA) is 53.7 Å². The second-order valence-corrected chi connectivity index (χ2v) is 7.00. The Morgan fingerprint density at radius 2 is 2.17 bits per heavy atom. The molecule has 132 valence electrons. The standard InChI is InChI=1S/C17H30N4O.HI/c1-12(2)8-14-6-7-21(11-14)17(18-5)19-10-15-9-16(13(3)4)20-22-15;/h9,12-14H,6-8,10-11H2,1-5H3,(H,18,19);1H. The molecule has 1 aromatic heterocycles. The van der Waals surface area contributed by atoms with Crippen molar-refractivity contribution in [2.75, 3.05) is 20.1 Å². The number of nitrogens with one attached hydrogen (secondary N) is 1. The van der Waals surface area contributed by atoms with Gasteiger partial charge >= 0.3 is 0 Å². The van der Waals surface area contributed by atoms with Gasteiger partial charge in [0.2, 0.25) is 0 Å². The predicted molar refractivity (Wildman–Crippen MR) is 105 cm³/mol. The number of hydrogen-bond donors (Lipinski definition) is 1. The quantitative estimate of drug-likeness (QED) is 0.435. The molecule has 0 saturated carbocycles. The third-order valence-corrected chi connectivity index (χ3v) is 4.19. The summed E-state index contributed by atoms with van der Waals surface area (Å²) in [5, 5.41) is 7.49. The maximum absolute atomic E-state index is 5.37. The van der Waals surface area contributed by atoms with Crippen molar-refractivity contribution in [3.05, 3.63) is 17.5 Å². The van der Waals surface area contributed by atoms with E-state index in [9.17, 15) is 0 Å². The summed E-state index contributed by atoms with van der Waals surface area (Å²) in [5.41, 5.74) is 1.00. The van der Waals surface area contributed by atoms with Crippen LogP contribution < -0.4 is 5.32 Å². The molecule has 1 aliphatic rings. The van der Waals surface area contributed by atoms with Gasteiger partial charge in [0.25, 0.3) is 0 Å². The third kappa shape index (κ3) is 5.97. The van der Waals surface area contributed by atoms with Gasteiger partial charge in [0.05, 0.1) is 12.2 Å². The van der Waals surface area contributed by atoms with Gasteiger partial charge in [-0.1, -0.05) is 32.9 Å². The minimum absolute atomic E-state index is 0. The molecular formula is C17H31IN4O.